The Morgan fingerprint density at radius 3 is 1.21 bits per heavy atom. The normalized spacial score (nSPS) is 9.29. The Hall–Kier alpha value is -0.120. The molecule has 0 amide bonds. The van der Waals surface area contributed by atoms with Crippen molar-refractivity contribution in [1.82, 2.24) is 4.90 Å². The topological polar surface area (TPSA) is 37.4 Å². The predicted molar refractivity (Wildman–Crippen MR) is 59.8 cm³/mol. The largest absolute Gasteiger partial charge is 0.304 e. The highest BCUT2D eigenvalue weighted by Gasteiger charge is 2.00. The van der Waals surface area contributed by atoms with Gasteiger partial charge in [0.25, 0.3) is 0 Å². The molecule has 0 saturated carbocycles. The Morgan fingerprint density at radius 1 is 0.929 bits per heavy atom. The minimum Gasteiger partial charge on any atom is -0.304 e. The lowest BCUT2D eigenvalue weighted by Gasteiger charge is -2.13. The van der Waals surface area contributed by atoms with E-state index in [1.165, 1.54) is 19.6 Å². The van der Waals surface area contributed by atoms with Gasteiger partial charge in [-0.3, -0.25) is 9.59 Å². The van der Waals surface area contributed by atoms with Crippen LogP contribution in [-0.2, 0) is 9.59 Å². The maximum Gasteiger partial charge on any atom is 0.230 e. The first kappa shape index (κ1) is 16.3. The maximum absolute atomic E-state index is 9.71. The van der Waals surface area contributed by atoms with E-state index in [-0.39, 0.29) is 6.42 Å². The summed E-state index contributed by atoms with van der Waals surface area (Å²) in [5.41, 5.74) is 0. The molecule has 0 saturated heterocycles. The second-order valence-corrected chi connectivity index (χ2v) is 3.35. The third kappa shape index (κ3) is 14.4. The molecule has 84 valence electrons. The van der Waals surface area contributed by atoms with Crippen molar-refractivity contribution < 1.29 is 9.59 Å². The van der Waals surface area contributed by atoms with Gasteiger partial charge in [0, 0.05) is 0 Å². The van der Waals surface area contributed by atoms with Gasteiger partial charge in [0.05, 0.1) is 6.42 Å². The van der Waals surface area contributed by atoms with Gasteiger partial charge in [-0.2, -0.15) is 0 Å². The van der Waals surface area contributed by atoms with Gasteiger partial charge in [-0.1, -0.05) is 20.8 Å². The summed E-state index contributed by atoms with van der Waals surface area (Å²) in [6.07, 6.45) is -0.386. The lowest BCUT2D eigenvalue weighted by Crippen LogP contribution is -2.21. The molecule has 0 heterocycles. The molecule has 0 aromatic rings. The van der Waals surface area contributed by atoms with Crippen LogP contribution >= 0.6 is 23.2 Å². The molecular weight excluding hydrogens is 225 g/mol. The molecular formula is C9H17Cl2NO2. The minimum absolute atomic E-state index is 0.386. The van der Waals surface area contributed by atoms with Gasteiger partial charge in [-0.15, -0.1) is 0 Å². The summed E-state index contributed by atoms with van der Waals surface area (Å²) < 4.78 is 0. The van der Waals surface area contributed by atoms with Gasteiger partial charge < -0.3 is 4.90 Å². The Bertz CT molecular complexity index is 153. The van der Waals surface area contributed by atoms with Gasteiger partial charge in [0.1, 0.15) is 0 Å². The average molecular weight is 242 g/mol. The van der Waals surface area contributed by atoms with E-state index in [1.54, 1.807) is 0 Å². The summed E-state index contributed by atoms with van der Waals surface area (Å²) in [6.45, 7) is 10.1. The molecule has 0 bridgehead atoms. The van der Waals surface area contributed by atoms with E-state index >= 15 is 0 Å². The van der Waals surface area contributed by atoms with Gasteiger partial charge in [0.2, 0.25) is 10.5 Å². The fourth-order valence-corrected chi connectivity index (χ4v) is 1.09. The smallest absolute Gasteiger partial charge is 0.230 e. The minimum atomic E-state index is -0.722. The fraction of sp³-hybridized carbons (Fsp3) is 0.778. The summed E-state index contributed by atoms with van der Waals surface area (Å²) in [4.78, 5) is 21.8. The van der Waals surface area contributed by atoms with Gasteiger partial charge in [-0.05, 0) is 42.8 Å². The van der Waals surface area contributed by atoms with Crippen LogP contribution in [0.15, 0.2) is 0 Å². The summed E-state index contributed by atoms with van der Waals surface area (Å²) in [5, 5.41) is -1.44. The van der Waals surface area contributed by atoms with Crippen LogP contribution in [-0.4, -0.2) is 35.0 Å². The Kier molecular flexibility index (Phi) is 12.8. The van der Waals surface area contributed by atoms with Gasteiger partial charge in [-0.25, -0.2) is 0 Å². The summed E-state index contributed by atoms with van der Waals surface area (Å²) in [5.74, 6) is 0. The van der Waals surface area contributed by atoms with Crippen molar-refractivity contribution in [3.63, 3.8) is 0 Å². The molecule has 3 nitrogen and oxygen atoms in total. The van der Waals surface area contributed by atoms with Crippen LogP contribution in [0, 0.1) is 0 Å². The lowest BCUT2D eigenvalue weighted by molar-refractivity contribution is -0.118. The molecule has 5 heteroatoms. The third-order valence-corrected chi connectivity index (χ3v) is 1.89. The van der Waals surface area contributed by atoms with Crippen molar-refractivity contribution in [2.24, 2.45) is 0 Å². The van der Waals surface area contributed by atoms with Crippen molar-refractivity contribution in [3.05, 3.63) is 0 Å². The van der Waals surface area contributed by atoms with Crippen molar-refractivity contribution in [2.45, 2.75) is 27.2 Å². The zero-order valence-corrected chi connectivity index (χ0v) is 10.4. The molecule has 0 radical (unpaired) electrons. The first-order valence-corrected chi connectivity index (χ1v) is 5.32. The molecule has 0 spiro atoms. The van der Waals surface area contributed by atoms with E-state index in [4.69, 9.17) is 23.2 Å². The standard InChI is InChI=1S/C6H15N.C3H2Cl2O2/c1-4-7(5-2)6-3;4-2(6)1-3(5)7/h4-6H2,1-3H3;1H2. The van der Waals surface area contributed by atoms with Gasteiger partial charge in [0.15, 0.2) is 0 Å². The van der Waals surface area contributed by atoms with Gasteiger partial charge >= 0.3 is 0 Å². The van der Waals surface area contributed by atoms with Crippen molar-refractivity contribution in [3.8, 4) is 0 Å². The van der Waals surface area contributed by atoms with E-state index in [2.05, 4.69) is 25.7 Å². The molecule has 0 aromatic heterocycles. The number of rotatable bonds is 5. The number of nitrogens with zero attached hydrogens (tertiary/aromatic N) is 1. The van der Waals surface area contributed by atoms with E-state index < -0.39 is 10.5 Å². The SMILES string of the molecule is CCN(CC)CC.O=C(Cl)CC(=O)Cl. The molecule has 0 aromatic carbocycles. The summed E-state index contributed by atoms with van der Waals surface area (Å²) in [6, 6.07) is 0. The van der Waals surface area contributed by atoms with E-state index in [0.717, 1.165) is 0 Å². The summed E-state index contributed by atoms with van der Waals surface area (Å²) in [7, 11) is 0. The predicted octanol–water partition coefficient (Wildman–Crippen LogP) is 2.26. The van der Waals surface area contributed by atoms with Crippen LogP contribution in [0.25, 0.3) is 0 Å². The zero-order valence-electron chi connectivity index (χ0n) is 8.85. The third-order valence-electron chi connectivity index (χ3n) is 1.62. The molecule has 0 rings (SSSR count). The molecule has 0 aliphatic rings. The highest BCUT2D eigenvalue weighted by atomic mass is 35.5. The van der Waals surface area contributed by atoms with Crippen LogP contribution in [0.4, 0.5) is 0 Å². The second-order valence-electron chi connectivity index (χ2n) is 2.51. The van der Waals surface area contributed by atoms with E-state index in [9.17, 15) is 9.59 Å². The molecule has 0 aliphatic heterocycles. The summed E-state index contributed by atoms with van der Waals surface area (Å²) >= 11 is 9.46. The fourth-order valence-electron chi connectivity index (χ4n) is 0.780. The number of hydrogen-bond donors (Lipinski definition) is 0. The molecule has 0 aliphatic carbocycles. The van der Waals surface area contributed by atoms with Crippen molar-refractivity contribution in [2.75, 3.05) is 19.6 Å². The van der Waals surface area contributed by atoms with Crippen LogP contribution in [0.1, 0.15) is 27.2 Å². The quantitative estimate of drug-likeness (QED) is 0.548. The molecule has 0 fully saturated rings. The van der Waals surface area contributed by atoms with Crippen LogP contribution < -0.4 is 0 Å². The molecule has 0 N–H and O–H groups in total. The van der Waals surface area contributed by atoms with Crippen LogP contribution in [0.5, 0.6) is 0 Å². The highest BCUT2D eigenvalue weighted by molar-refractivity contribution is 6.72. The molecule has 14 heavy (non-hydrogen) atoms. The van der Waals surface area contributed by atoms with Crippen LogP contribution in [0.2, 0.25) is 0 Å². The van der Waals surface area contributed by atoms with Crippen molar-refractivity contribution >= 4 is 33.7 Å². The van der Waals surface area contributed by atoms with E-state index in [0.29, 0.717) is 0 Å². The first-order valence-electron chi connectivity index (χ1n) is 4.56. The Labute approximate surface area is 95.4 Å². The highest BCUT2D eigenvalue weighted by Crippen LogP contribution is 1.92. The Morgan fingerprint density at radius 2 is 1.21 bits per heavy atom. The van der Waals surface area contributed by atoms with Crippen LogP contribution in [0.3, 0.4) is 0 Å². The first-order chi connectivity index (χ1) is 6.47. The Balaban J connectivity index is 0. The van der Waals surface area contributed by atoms with E-state index in [1.807, 2.05) is 0 Å². The molecule has 0 unspecified atom stereocenters. The molecule has 0 atom stereocenters. The number of hydrogen-bond acceptors (Lipinski definition) is 3. The van der Waals surface area contributed by atoms with Crippen molar-refractivity contribution in [1.29, 1.82) is 0 Å². The average Bonchev–Trinajstić information content (AvgIpc) is 2.06. The second kappa shape index (κ2) is 11.0. The zero-order chi connectivity index (χ0) is 11.6. The monoisotopic (exact) mass is 241 g/mol. The number of carbonyl (C=O) groups excluding carboxylic acids is 2. The maximum atomic E-state index is 9.71. The lowest BCUT2D eigenvalue weighted by atomic mass is 10.5. The number of carbonyl (C=O) groups is 2. The number of halogens is 2.